The summed E-state index contributed by atoms with van der Waals surface area (Å²) in [4.78, 5) is 29.9. The van der Waals surface area contributed by atoms with Crippen molar-refractivity contribution in [2.45, 2.75) is 18.8 Å². The summed E-state index contributed by atoms with van der Waals surface area (Å²) in [6.07, 6.45) is 1.78. The predicted octanol–water partition coefficient (Wildman–Crippen LogP) is 3.44. The van der Waals surface area contributed by atoms with E-state index in [1.807, 2.05) is 7.05 Å². The van der Waals surface area contributed by atoms with Gasteiger partial charge in [0.15, 0.2) is 11.6 Å². The number of halogens is 1. The number of piperidine rings is 1. The van der Waals surface area contributed by atoms with Crippen molar-refractivity contribution in [1.82, 2.24) is 4.90 Å². The third-order valence-electron chi connectivity index (χ3n) is 7.10. The Kier molecular flexibility index (Phi) is 8.52. The molecular weight excluding hydrogens is 503 g/mol. The highest BCUT2D eigenvalue weighted by atomic mass is 19.1. The van der Waals surface area contributed by atoms with Crippen molar-refractivity contribution in [2.24, 2.45) is 11.7 Å². The molecule has 0 amide bonds. The number of hydrogen-bond donors (Lipinski definition) is 1. The molecule has 2 N–H and O–H groups in total. The first kappa shape index (κ1) is 27.7. The first-order valence-electron chi connectivity index (χ1n) is 12.6. The zero-order valence-electron chi connectivity index (χ0n) is 22.1. The van der Waals surface area contributed by atoms with E-state index in [0.29, 0.717) is 5.56 Å². The van der Waals surface area contributed by atoms with E-state index in [1.54, 1.807) is 30.3 Å². The summed E-state index contributed by atoms with van der Waals surface area (Å²) >= 11 is 0. The van der Waals surface area contributed by atoms with Crippen LogP contribution < -0.4 is 15.4 Å². The van der Waals surface area contributed by atoms with Gasteiger partial charge in [-0.2, -0.15) is 5.26 Å². The summed E-state index contributed by atoms with van der Waals surface area (Å²) in [6.45, 7) is 2.06. The average molecular weight is 535 g/mol. The Labute approximate surface area is 226 Å². The molecule has 1 atom stereocenters. The lowest BCUT2D eigenvalue weighted by Crippen LogP contribution is -2.41. The van der Waals surface area contributed by atoms with Crippen LogP contribution in [0.5, 0.6) is 5.75 Å². The van der Waals surface area contributed by atoms with Gasteiger partial charge in [0.2, 0.25) is 0 Å². The van der Waals surface area contributed by atoms with Crippen molar-refractivity contribution in [3.63, 3.8) is 0 Å². The zero-order valence-corrected chi connectivity index (χ0v) is 22.1. The molecule has 2 heterocycles. The van der Waals surface area contributed by atoms with Crippen LogP contribution >= 0.6 is 0 Å². The fraction of sp³-hybridized carbons (Fsp3) is 0.345. The van der Waals surface area contributed by atoms with Gasteiger partial charge in [-0.05, 0) is 56.6 Å². The smallest absolute Gasteiger partial charge is 0.355 e. The summed E-state index contributed by atoms with van der Waals surface area (Å²) in [6, 6.07) is 14.9. The second kappa shape index (κ2) is 12.0. The largest absolute Gasteiger partial charge is 0.488 e. The van der Waals surface area contributed by atoms with E-state index in [1.165, 1.54) is 25.3 Å². The van der Waals surface area contributed by atoms with E-state index in [-0.39, 0.29) is 46.6 Å². The summed E-state index contributed by atoms with van der Waals surface area (Å²) in [5.41, 5.74) is 6.69. The number of anilines is 1. The molecule has 0 radical (unpaired) electrons. The van der Waals surface area contributed by atoms with Gasteiger partial charge >= 0.3 is 11.9 Å². The number of nitrogens with zero attached hydrogens (tertiary/aromatic N) is 3. The zero-order chi connectivity index (χ0) is 28.1. The maximum Gasteiger partial charge on any atom is 0.355 e. The number of esters is 2. The number of likely N-dealkylation sites (tertiary alicyclic amines) is 1. The Hall–Kier alpha value is -4.36. The number of methoxy groups -OCH3 is 2. The van der Waals surface area contributed by atoms with Crippen molar-refractivity contribution in [3.8, 4) is 11.8 Å². The highest BCUT2D eigenvalue weighted by molar-refractivity contribution is 6.06. The molecule has 9 nitrogen and oxygen atoms in total. The highest BCUT2D eigenvalue weighted by Gasteiger charge is 2.44. The second-order valence-electron chi connectivity index (χ2n) is 9.48. The minimum Gasteiger partial charge on any atom is -0.488 e. The van der Waals surface area contributed by atoms with Crippen LogP contribution in [-0.2, 0) is 19.1 Å². The number of nitriles is 1. The van der Waals surface area contributed by atoms with E-state index in [9.17, 15) is 14.9 Å². The summed E-state index contributed by atoms with van der Waals surface area (Å²) in [5.74, 6) is -3.58. The molecule has 1 unspecified atom stereocenters. The standard InChI is InChI=1S/C29H31FN4O5/c1-33-14-12-18(13-15-33)17-39-26-21(30)10-7-11-22(26)34-25(29(36)38-3)24(28(35)37-2)23(20(16-31)27(34)32)19-8-5-4-6-9-19/h4-11,18,23H,12-15,17,32H2,1-3H3. The Morgan fingerprint density at radius 3 is 2.33 bits per heavy atom. The van der Waals surface area contributed by atoms with Crippen molar-refractivity contribution < 1.29 is 28.2 Å². The SMILES string of the molecule is COC(=O)C1=C(C(=O)OC)N(c2cccc(F)c2OCC2CCN(C)CC2)C(N)=C(C#N)C1c1ccccc1. The van der Waals surface area contributed by atoms with Gasteiger partial charge in [0.1, 0.15) is 11.5 Å². The number of nitrogens with two attached hydrogens (primary N) is 1. The number of rotatable bonds is 7. The molecule has 0 spiro atoms. The van der Waals surface area contributed by atoms with E-state index < -0.39 is 23.7 Å². The normalized spacial score (nSPS) is 18.5. The molecule has 0 aliphatic carbocycles. The number of carbonyl (C=O) groups is 2. The van der Waals surface area contributed by atoms with Crippen LogP contribution in [0.25, 0.3) is 0 Å². The lowest BCUT2D eigenvalue weighted by atomic mass is 9.81. The lowest BCUT2D eigenvalue weighted by molar-refractivity contribution is -0.139. The molecule has 1 saturated heterocycles. The summed E-state index contributed by atoms with van der Waals surface area (Å²) in [7, 11) is 4.37. The minimum absolute atomic E-state index is 0.0141. The number of benzene rings is 2. The predicted molar refractivity (Wildman–Crippen MR) is 142 cm³/mol. The summed E-state index contributed by atoms with van der Waals surface area (Å²) in [5, 5.41) is 10.2. The maximum absolute atomic E-state index is 15.3. The van der Waals surface area contributed by atoms with Gasteiger partial charge in [-0.15, -0.1) is 0 Å². The van der Waals surface area contributed by atoms with Gasteiger partial charge in [0.25, 0.3) is 0 Å². The molecule has 2 aromatic rings. The molecule has 4 rings (SSSR count). The Bertz CT molecular complexity index is 1340. The Morgan fingerprint density at radius 1 is 1.05 bits per heavy atom. The van der Waals surface area contributed by atoms with Crippen molar-refractivity contribution in [2.75, 3.05) is 45.9 Å². The Balaban J connectivity index is 1.90. The van der Waals surface area contributed by atoms with Crippen LogP contribution in [-0.4, -0.2) is 57.8 Å². The number of para-hydroxylation sites is 1. The van der Waals surface area contributed by atoms with Crippen molar-refractivity contribution in [1.29, 1.82) is 5.26 Å². The van der Waals surface area contributed by atoms with Gasteiger partial charge in [-0.3, -0.25) is 4.90 Å². The third kappa shape index (κ3) is 5.45. The average Bonchev–Trinajstić information content (AvgIpc) is 2.96. The molecule has 2 aromatic carbocycles. The summed E-state index contributed by atoms with van der Waals surface area (Å²) < 4.78 is 31.4. The molecule has 2 aliphatic heterocycles. The fourth-order valence-corrected chi connectivity index (χ4v) is 5.01. The van der Waals surface area contributed by atoms with E-state index in [0.717, 1.165) is 37.9 Å². The minimum atomic E-state index is -1.02. The van der Waals surface area contributed by atoms with Gasteiger partial charge < -0.3 is 24.8 Å². The van der Waals surface area contributed by atoms with E-state index in [2.05, 4.69) is 11.0 Å². The molecule has 1 fully saturated rings. The van der Waals surface area contributed by atoms with Crippen molar-refractivity contribution >= 4 is 17.6 Å². The van der Waals surface area contributed by atoms with Crippen LogP contribution in [0.3, 0.4) is 0 Å². The second-order valence-corrected chi connectivity index (χ2v) is 9.48. The molecule has 204 valence electrons. The lowest BCUT2D eigenvalue weighted by Gasteiger charge is -2.36. The molecule has 10 heteroatoms. The number of allylic oxidation sites excluding steroid dienone is 1. The first-order valence-corrected chi connectivity index (χ1v) is 12.6. The van der Waals surface area contributed by atoms with Gasteiger partial charge in [0.05, 0.1) is 49.6 Å². The quantitative estimate of drug-likeness (QED) is 0.533. The molecule has 39 heavy (non-hydrogen) atoms. The number of ether oxygens (including phenoxy) is 3. The van der Waals surface area contributed by atoms with E-state index in [4.69, 9.17) is 19.9 Å². The number of carbonyl (C=O) groups excluding carboxylic acids is 2. The Morgan fingerprint density at radius 2 is 1.72 bits per heavy atom. The number of hydrogen-bond acceptors (Lipinski definition) is 9. The van der Waals surface area contributed by atoms with Crippen molar-refractivity contribution in [3.05, 3.63) is 82.6 Å². The van der Waals surface area contributed by atoms with Crippen LogP contribution in [0.2, 0.25) is 0 Å². The van der Waals surface area contributed by atoms with Gasteiger partial charge in [-0.1, -0.05) is 36.4 Å². The third-order valence-corrected chi connectivity index (χ3v) is 7.10. The van der Waals surface area contributed by atoms with Crippen LogP contribution in [0.4, 0.5) is 10.1 Å². The highest BCUT2D eigenvalue weighted by Crippen LogP contribution is 2.45. The van der Waals surface area contributed by atoms with Crippen LogP contribution in [0, 0.1) is 23.1 Å². The molecule has 0 bridgehead atoms. The van der Waals surface area contributed by atoms with Gasteiger partial charge in [-0.25, -0.2) is 14.0 Å². The molecule has 2 aliphatic rings. The maximum atomic E-state index is 15.3. The molecular formula is C29H31FN4O5. The molecule has 0 aromatic heterocycles. The van der Waals surface area contributed by atoms with Crippen LogP contribution in [0.15, 0.2) is 71.2 Å². The monoisotopic (exact) mass is 534 g/mol. The molecule has 0 saturated carbocycles. The fourth-order valence-electron chi connectivity index (χ4n) is 5.01. The van der Waals surface area contributed by atoms with Gasteiger partial charge in [0, 0.05) is 0 Å². The topological polar surface area (TPSA) is 118 Å². The van der Waals surface area contributed by atoms with Crippen LogP contribution in [0.1, 0.15) is 24.3 Å². The first-order chi connectivity index (χ1) is 18.8. The van der Waals surface area contributed by atoms with E-state index >= 15 is 4.39 Å².